The molecule has 5 nitrogen and oxygen atoms in total. The van der Waals surface area contributed by atoms with Gasteiger partial charge in [-0.05, 0) is 29.7 Å². The van der Waals surface area contributed by atoms with E-state index in [-0.39, 0.29) is 12.5 Å². The lowest BCUT2D eigenvalue weighted by molar-refractivity contribution is -0.116. The first-order valence-corrected chi connectivity index (χ1v) is 9.51. The number of benzene rings is 2. The minimum atomic E-state index is -0.0494. The normalized spacial score (nSPS) is 11.3. The van der Waals surface area contributed by atoms with Gasteiger partial charge in [0.25, 0.3) is 0 Å². The second-order valence-electron chi connectivity index (χ2n) is 6.35. The quantitative estimate of drug-likeness (QED) is 0.499. The van der Waals surface area contributed by atoms with Crippen LogP contribution in [-0.4, -0.2) is 19.9 Å². The number of amides is 1. The molecule has 1 amide bonds. The monoisotopic (exact) mass is 372 g/mol. The van der Waals surface area contributed by atoms with Crippen molar-refractivity contribution in [3.05, 3.63) is 78.6 Å². The number of hydrogen-bond acceptors (Lipinski definition) is 3. The first-order chi connectivity index (χ1) is 13.3. The van der Waals surface area contributed by atoms with Gasteiger partial charge in [0, 0.05) is 40.7 Å². The molecule has 5 rings (SSSR count). The zero-order chi connectivity index (χ0) is 18.2. The number of hydrogen-bond donors (Lipinski definition) is 1. The smallest absolute Gasteiger partial charge is 0.244 e. The van der Waals surface area contributed by atoms with Gasteiger partial charge in [-0.15, -0.1) is 11.3 Å². The minimum Gasteiger partial charge on any atom is -0.338 e. The Balaban J connectivity index is 1.30. The number of imidazole rings is 1. The summed E-state index contributed by atoms with van der Waals surface area (Å²) in [6.07, 6.45) is 5.95. The molecule has 0 fully saturated rings. The summed E-state index contributed by atoms with van der Waals surface area (Å²) >= 11 is 1.61. The van der Waals surface area contributed by atoms with Crippen LogP contribution in [0.2, 0.25) is 0 Å². The second-order valence-corrected chi connectivity index (χ2v) is 7.22. The molecule has 0 saturated carbocycles. The third kappa shape index (κ3) is 3.00. The molecule has 1 N–H and O–H groups in total. The number of fused-ring (bicyclic) bond motifs is 2. The summed E-state index contributed by atoms with van der Waals surface area (Å²) in [5.74, 6) is -0.0494. The van der Waals surface area contributed by atoms with Crippen LogP contribution in [0.25, 0.3) is 27.1 Å². The van der Waals surface area contributed by atoms with Crippen molar-refractivity contribution in [3.63, 3.8) is 0 Å². The molecule has 6 heteroatoms. The Morgan fingerprint density at radius 1 is 1.04 bits per heavy atom. The molecule has 0 spiro atoms. The highest BCUT2D eigenvalue weighted by Gasteiger charge is 2.08. The lowest BCUT2D eigenvalue weighted by Crippen LogP contribution is -2.18. The maximum absolute atomic E-state index is 12.4. The first kappa shape index (κ1) is 15.8. The Morgan fingerprint density at radius 3 is 2.74 bits per heavy atom. The summed E-state index contributed by atoms with van der Waals surface area (Å²) in [5, 5.41) is 6.11. The van der Waals surface area contributed by atoms with Crippen LogP contribution in [0.3, 0.4) is 0 Å². The van der Waals surface area contributed by atoms with E-state index in [4.69, 9.17) is 0 Å². The third-order valence-corrected chi connectivity index (χ3v) is 5.32. The molecular formula is C21H16N4OS. The molecule has 0 atom stereocenters. The largest absolute Gasteiger partial charge is 0.338 e. The molecule has 0 bridgehead atoms. The van der Waals surface area contributed by atoms with Crippen molar-refractivity contribution in [2.24, 2.45) is 0 Å². The van der Waals surface area contributed by atoms with Gasteiger partial charge >= 0.3 is 0 Å². The summed E-state index contributed by atoms with van der Waals surface area (Å²) in [6, 6.07) is 17.8. The van der Waals surface area contributed by atoms with E-state index in [0.717, 1.165) is 32.8 Å². The van der Waals surface area contributed by atoms with Gasteiger partial charge in [-0.25, -0.2) is 4.98 Å². The van der Waals surface area contributed by atoms with Crippen molar-refractivity contribution in [2.75, 3.05) is 5.32 Å². The second kappa shape index (κ2) is 6.41. The number of nitrogens with one attached hydrogen (secondary N) is 1. The standard InChI is InChI=1S/C21H16N4OS/c26-20(14-24-10-9-16-3-1-2-4-19(16)24)22-17-7-5-15(6-8-17)18-13-25-11-12-27-21(25)23-18/h1-13H,14H2,(H,22,26). The van der Waals surface area contributed by atoms with E-state index in [0.29, 0.717) is 0 Å². The first-order valence-electron chi connectivity index (χ1n) is 8.63. The zero-order valence-electron chi connectivity index (χ0n) is 14.4. The maximum atomic E-state index is 12.4. The predicted molar refractivity (Wildman–Crippen MR) is 109 cm³/mol. The number of carbonyl (C=O) groups excluding carboxylic acids is 1. The molecule has 0 radical (unpaired) electrons. The fourth-order valence-corrected chi connectivity index (χ4v) is 3.92. The third-order valence-electron chi connectivity index (χ3n) is 4.55. The van der Waals surface area contributed by atoms with Crippen LogP contribution in [0.5, 0.6) is 0 Å². The summed E-state index contributed by atoms with van der Waals surface area (Å²) in [6.45, 7) is 0.284. The average Bonchev–Trinajstić information content (AvgIpc) is 3.38. The molecule has 0 saturated heterocycles. The Morgan fingerprint density at radius 2 is 1.89 bits per heavy atom. The summed E-state index contributed by atoms with van der Waals surface area (Å²) in [4.78, 5) is 18.0. The number of aromatic nitrogens is 3. The van der Waals surface area contributed by atoms with Gasteiger partial charge < -0.3 is 9.88 Å². The highest BCUT2D eigenvalue weighted by atomic mass is 32.1. The van der Waals surface area contributed by atoms with Gasteiger partial charge in [0.2, 0.25) is 5.91 Å². The Kier molecular flexibility index (Phi) is 3.76. The lowest BCUT2D eigenvalue weighted by Gasteiger charge is -2.08. The summed E-state index contributed by atoms with van der Waals surface area (Å²) < 4.78 is 3.97. The Bertz CT molecular complexity index is 1220. The van der Waals surface area contributed by atoms with Gasteiger partial charge in [0.05, 0.1) is 5.69 Å². The molecule has 132 valence electrons. The van der Waals surface area contributed by atoms with E-state index in [2.05, 4.69) is 10.3 Å². The summed E-state index contributed by atoms with van der Waals surface area (Å²) in [7, 11) is 0. The number of anilines is 1. The van der Waals surface area contributed by atoms with Gasteiger partial charge in [-0.3, -0.25) is 9.20 Å². The number of thiazole rings is 1. The van der Waals surface area contributed by atoms with E-state index < -0.39 is 0 Å². The molecule has 2 aromatic carbocycles. The Hall–Kier alpha value is -3.38. The van der Waals surface area contributed by atoms with Crippen LogP contribution < -0.4 is 5.32 Å². The van der Waals surface area contributed by atoms with Crippen molar-refractivity contribution in [1.29, 1.82) is 0 Å². The predicted octanol–water partition coefficient (Wildman–Crippen LogP) is 4.66. The molecule has 5 aromatic rings. The highest BCUT2D eigenvalue weighted by Crippen LogP contribution is 2.23. The average molecular weight is 372 g/mol. The van der Waals surface area contributed by atoms with E-state index >= 15 is 0 Å². The number of para-hydroxylation sites is 1. The molecule has 0 aliphatic heterocycles. The van der Waals surface area contributed by atoms with Crippen LogP contribution in [0.4, 0.5) is 5.69 Å². The van der Waals surface area contributed by atoms with Crippen molar-refractivity contribution >= 4 is 38.8 Å². The van der Waals surface area contributed by atoms with Gasteiger partial charge in [-0.2, -0.15) is 0 Å². The van der Waals surface area contributed by atoms with Gasteiger partial charge in [0.1, 0.15) is 6.54 Å². The molecular weight excluding hydrogens is 356 g/mol. The van der Waals surface area contributed by atoms with Crippen LogP contribution >= 0.6 is 11.3 Å². The van der Waals surface area contributed by atoms with Crippen LogP contribution in [-0.2, 0) is 11.3 Å². The maximum Gasteiger partial charge on any atom is 0.244 e. The van der Waals surface area contributed by atoms with Crippen molar-refractivity contribution in [2.45, 2.75) is 6.54 Å². The SMILES string of the molecule is O=C(Cn1ccc2ccccc21)Nc1ccc(-c2cn3ccsc3n2)cc1. The van der Waals surface area contributed by atoms with Crippen LogP contribution in [0.1, 0.15) is 0 Å². The molecule has 0 aliphatic carbocycles. The lowest BCUT2D eigenvalue weighted by atomic mass is 10.1. The van der Waals surface area contributed by atoms with Crippen molar-refractivity contribution < 1.29 is 4.79 Å². The van der Waals surface area contributed by atoms with E-state index in [9.17, 15) is 4.79 Å². The number of carbonyl (C=O) groups is 1. The van der Waals surface area contributed by atoms with Crippen LogP contribution in [0.15, 0.2) is 78.6 Å². The summed E-state index contributed by atoms with van der Waals surface area (Å²) in [5.41, 5.74) is 3.79. The molecule has 0 aliphatic rings. The van der Waals surface area contributed by atoms with Crippen molar-refractivity contribution in [3.8, 4) is 11.3 Å². The number of nitrogens with zero attached hydrogens (tertiary/aromatic N) is 3. The number of rotatable bonds is 4. The molecule has 27 heavy (non-hydrogen) atoms. The van der Waals surface area contributed by atoms with Gasteiger partial charge in [-0.1, -0.05) is 30.3 Å². The highest BCUT2D eigenvalue weighted by molar-refractivity contribution is 7.15. The molecule has 0 unspecified atom stereocenters. The van der Waals surface area contributed by atoms with E-state index in [1.54, 1.807) is 11.3 Å². The van der Waals surface area contributed by atoms with Crippen molar-refractivity contribution in [1.82, 2.24) is 14.0 Å². The topological polar surface area (TPSA) is 51.3 Å². The van der Waals surface area contributed by atoms with Crippen LogP contribution in [0, 0.1) is 0 Å². The molecule has 3 heterocycles. The Labute approximate surface area is 159 Å². The van der Waals surface area contributed by atoms with E-state index in [1.165, 1.54) is 0 Å². The molecule has 3 aromatic heterocycles. The minimum absolute atomic E-state index is 0.0494. The zero-order valence-corrected chi connectivity index (χ0v) is 15.2. The fraction of sp³-hybridized carbons (Fsp3) is 0.0476. The van der Waals surface area contributed by atoms with E-state index in [1.807, 2.05) is 87.5 Å². The fourth-order valence-electron chi connectivity index (χ4n) is 3.22. The van der Waals surface area contributed by atoms with Gasteiger partial charge in [0.15, 0.2) is 4.96 Å².